The number of phenols is 1. The van der Waals surface area contributed by atoms with Crippen LogP contribution in [0.25, 0.3) is 11.3 Å². The molecule has 1 aromatic carbocycles. The second-order valence-electron chi connectivity index (χ2n) is 3.99. The fourth-order valence-electron chi connectivity index (χ4n) is 1.65. The van der Waals surface area contributed by atoms with Crippen molar-refractivity contribution in [2.45, 2.75) is 19.8 Å². The third kappa shape index (κ3) is 2.11. The molecule has 2 N–H and O–H groups in total. The molecule has 0 saturated carbocycles. The number of aromatic amines is 1. The molecule has 0 unspecified atom stereocenters. The van der Waals surface area contributed by atoms with Crippen LogP contribution in [0.2, 0.25) is 0 Å². The Hall–Kier alpha value is -1.29. The summed E-state index contributed by atoms with van der Waals surface area (Å²) in [5.41, 5.74) is 2.88. The molecule has 16 heavy (non-hydrogen) atoms. The van der Waals surface area contributed by atoms with Gasteiger partial charge in [0.1, 0.15) is 5.75 Å². The molecular weight excluding hydrogens is 268 g/mol. The highest BCUT2D eigenvalue weighted by molar-refractivity contribution is 9.10. The normalized spacial score (nSPS) is 11.0. The van der Waals surface area contributed by atoms with E-state index in [4.69, 9.17) is 0 Å². The first-order valence-electron chi connectivity index (χ1n) is 5.12. The molecule has 84 valence electrons. The van der Waals surface area contributed by atoms with E-state index in [1.165, 1.54) is 0 Å². The smallest absolute Gasteiger partial charge is 0.175 e. The van der Waals surface area contributed by atoms with E-state index < -0.39 is 0 Å². The summed E-state index contributed by atoms with van der Waals surface area (Å²) >= 11 is 3.34. The summed E-state index contributed by atoms with van der Waals surface area (Å²) in [7, 11) is 0. The van der Waals surface area contributed by atoms with Gasteiger partial charge in [0.15, 0.2) is 4.73 Å². The number of H-pyrrole nitrogens is 1. The molecule has 0 saturated heterocycles. The van der Waals surface area contributed by atoms with Crippen LogP contribution >= 0.6 is 15.9 Å². The fourth-order valence-corrected chi connectivity index (χ4v) is 2.04. The van der Waals surface area contributed by atoms with Crippen LogP contribution in [0.1, 0.15) is 25.5 Å². The van der Waals surface area contributed by atoms with Crippen LogP contribution in [0.5, 0.6) is 5.75 Å². The molecule has 2 rings (SSSR count). The van der Waals surface area contributed by atoms with E-state index in [0.29, 0.717) is 5.92 Å². The van der Waals surface area contributed by atoms with E-state index in [0.717, 1.165) is 21.7 Å². The molecule has 0 aliphatic heterocycles. The first-order chi connectivity index (χ1) is 7.58. The van der Waals surface area contributed by atoms with Crippen molar-refractivity contribution in [3.05, 3.63) is 34.7 Å². The minimum absolute atomic E-state index is 0.256. The first kappa shape index (κ1) is 11.2. The zero-order valence-electron chi connectivity index (χ0n) is 9.16. The summed E-state index contributed by atoms with van der Waals surface area (Å²) in [6, 6.07) is 7.13. The second kappa shape index (κ2) is 4.29. The predicted octanol–water partition coefficient (Wildman–Crippen LogP) is 3.67. The zero-order chi connectivity index (χ0) is 11.7. The van der Waals surface area contributed by atoms with E-state index in [9.17, 15) is 5.11 Å². The minimum atomic E-state index is 0.256. The Morgan fingerprint density at radius 1 is 1.38 bits per heavy atom. The van der Waals surface area contributed by atoms with Gasteiger partial charge in [0.25, 0.3) is 0 Å². The van der Waals surface area contributed by atoms with Crippen LogP contribution in [0.4, 0.5) is 0 Å². The van der Waals surface area contributed by atoms with Crippen LogP contribution in [-0.4, -0.2) is 15.1 Å². The molecule has 0 aliphatic rings. The Kier molecular flexibility index (Phi) is 3.01. The molecule has 1 aromatic heterocycles. The lowest BCUT2D eigenvalue weighted by molar-refractivity contribution is 0.475. The Morgan fingerprint density at radius 3 is 2.75 bits per heavy atom. The SMILES string of the molecule is CC(C)c1[nH]c(Br)nc1-c1cccc(O)c1. The number of benzene rings is 1. The molecule has 0 aliphatic carbocycles. The lowest BCUT2D eigenvalue weighted by atomic mass is 10.0. The van der Waals surface area contributed by atoms with E-state index in [-0.39, 0.29) is 5.75 Å². The number of nitrogens with one attached hydrogen (secondary N) is 1. The lowest BCUT2D eigenvalue weighted by Crippen LogP contribution is -1.91. The highest BCUT2D eigenvalue weighted by Gasteiger charge is 2.14. The third-order valence-electron chi connectivity index (χ3n) is 2.40. The Morgan fingerprint density at radius 2 is 2.12 bits per heavy atom. The Labute approximate surface area is 103 Å². The van der Waals surface area contributed by atoms with E-state index >= 15 is 0 Å². The third-order valence-corrected chi connectivity index (χ3v) is 2.78. The van der Waals surface area contributed by atoms with Crippen molar-refractivity contribution in [3.8, 4) is 17.0 Å². The van der Waals surface area contributed by atoms with E-state index in [1.54, 1.807) is 12.1 Å². The molecule has 0 spiro atoms. The summed E-state index contributed by atoms with van der Waals surface area (Å²) in [6.45, 7) is 4.21. The number of hydrogen-bond donors (Lipinski definition) is 2. The van der Waals surface area contributed by atoms with Gasteiger partial charge in [-0.05, 0) is 34.0 Å². The van der Waals surface area contributed by atoms with Gasteiger partial charge in [0.05, 0.1) is 5.69 Å². The van der Waals surface area contributed by atoms with Crippen molar-refractivity contribution in [1.29, 1.82) is 0 Å². The number of nitrogens with zero attached hydrogens (tertiary/aromatic N) is 1. The maximum atomic E-state index is 9.46. The van der Waals surface area contributed by atoms with Gasteiger partial charge in [-0.3, -0.25) is 0 Å². The van der Waals surface area contributed by atoms with Gasteiger partial charge < -0.3 is 10.1 Å². The quantitative estimate of drug-likeness (QED) is 0.882. The molecule has 0 atom stereocenters. The van der Waals surface area contributed by atoms with Gasteiger partial charge in [-0.25, -0.2) is 4.98 Å². The van der Waals surface area contributed by atoms with Crippen LogP contribution in [0.3, 0.4) is 0 Å². The van der Waals surface area contributed by atoms with Crippen molar-refractivity contribution in [1.82, 2.24) is 9.97 Å². The van der Waals surface area contributed by atoms with Crippen LogP contribution in [-0.2, 0) is 0 Å². The van der Waals surface area contributed by atoms with Crippen molar-refractivity contribution < 1.29 is 5.11 Å². The molecule has 3 nitrogen and oxygen atoms in total. The van der Waals surface area contributed by atoms with Gasteiger partial charge >= 0.3 is 0 Å². The maximum absolute atomic E-state index is 9.46. The number of halogens is 1. The van der Waals surface area contributed by atoms with Crippen LogP contribution in [0.15, 0.2) is 29.0 Å². The highest BCUT2D eigenvalue weighted by atomic mass is 79.9. The van der Waals surface area contributed by atoms with Gasteiger partial charge in [-0.15, -0.1) is 0 Å². The number of hydrogen-bond acceptors (Lipinski definition) is 2. The molecular formula is C12H13BrN2O. The summed E-state index contributed by atoms with van der Waals surface area (Å²) < 4.78 is 0.717. The van der Waals surface area contributed by atoms with Crippen molar-refractivity contribution in [3.63, 3.8) is 0 Å². The Balaban J connectivity index is 2.55. The van der Waals surface area contributed by atoms with Gasteiger partial charge in [-0.1, -0.05) is 26.0 Å². The molecule has 0 radical (unpaired) electrons. The summed E-state index contributed by atoms with van der Waals surface area (Å²) in [4.78, 5) is 7.58. The lowest BCUT2D eigenvalue weighted by Gasteiger charge is -2.05. The van der Waals surface area contributed by atoms with Gasteiger partial charge in [-0.2, -0.15) is 0 Å². The number of phenolic OH excluding ortho intramolecular Hbond substituents is 1. The monoisotopic (exact) mass is 280 g/mol. The molecule has 0 amide bonds. The molecule has 2 aromatic rings. The average molecular weight is 281 g/mol. The molecule has 0 bridgehead atoms. The summed E-state index contributed by atoms with van der Waals surface area (Å²) in [5.74, 6) is 0.613. The first-order valence-corrected chi connectivity index (χ1v) is 5.92. The fraction of sp³-hybridized carbons (Fsp3) is 0.250. The van der Waals surface area contributed by atoms with Crippen molar-refractivity contribution >= 4 is 15.9 Å². The second-order valence-corrected chi connectivity index (χ2v) is 4.75. The highest BCUT2D eigenvalue weighted by Crippen LogP contribution is 2.30. The number of imidazole rings is 1. The van der Waals surface area contributed by atoms with Crippen molar-refractivity contribution in [2.24, 2.45) is 0 Å². The zero-order valence-corrected chi connectivity index (χ0v) is 10.7. The average Bonchev–Trinajstić information content (AvgIpc) is 2.60. The maximum Gasteiger partial charge on any atom is 0.175 e. The number of rotatable bonds is 2. The molecule has 4 heteroatoms. The number of aromatic hydroxyl groups is 1. The van der Waals surface area contributed by atoms with Crippen LogP contribution in [0, 0.1) is 0 Å². The van der Waals surface area contributed by atoms with Crippen LogP contribution < -0.4 is 0 Å². The number of aromatic nitrogens is 2. The van der Waals surface area contributed by atoms with Gasteiger partial charge in [0, 0.05) is 11.3 Å². The predicted molar refractivity (Wildman–Crippen MR) is 67.5 cm³/mol. The summed E-state index contributed by atoms with van der Waals surface area (Å²) in [6.07, 6.45) is 0. The topological polar surface area (TPSA) is 48.9 Å². The van der Waals surface area contributed by atoms with E-state index in [1.807, 2.05) is 12.1 Å². The minimum Gasteiger partial charge on any atom is -0.508 e. The van der Waals surface area contributed by atoms with Gasteiger partial charge in [0.2, 0.25) is 0 Å². The summed E-state index contributed by atoms with van der Waals surface area (Å²) in [5, 5.41) is 9.46. The van der Waals surface area contributed by atoms with Crippen molar-refractivity contribution in [2.75, 3.05) is 0 Å². The molecule has 0 fully saturated rings. The Bertz CT molecular complexity index is 505. The molecule has 1 heterocycles. The standard InChI is InChI=1S/C12H13BrN2O/c1-7(2)10-11(15-12(13)14-10)8-4-3-5-9(16)6-8/h3-7,16H,1-2H3,(H,14,15). The van der Waals surface area contributed by atoms with E-state index in [2.05, 4.69) is 39.7 Å². The largest absolute Gasteiger partial charge is 0.508 e.